The lowest BCUT2D eigenvalue weighted by molar-refractivity contribution is 0.685. The Morgan fingerprint density at radius 3 is 2.50 bits per heavy atom. The van der Waals surface area contributed by atoms with Gasteiger partial charge in [0.25, 0.3) is 0 Å². The Morgan fingerprint density at radius 1 is 1.22 bits per heavy atom. The van der Waals surface area contributed by atoms with Crippen molar-refractivity contribution in [3.05, 3.63) is 52.8 Å². The second-order valence-corrected chi connectivity index (χ2v) is 5.37. The highest BCUT2D eigenvalue weighted by Gasteiger charge is 2.08. The van der Waals surface area contributed by atoms with Gasteiger partial charge in [0.1, 0.15) is 0 Å². The third-order valence-corrected chi connectivity index (χ3v) is 3.56. The number of aryl methyl sites for hydroxylation is 2. The maximum Gasteiger partial charge on any atom is 0.0659 e. The largest absolute Gasteiger partial charge is 0.268 e. The van der Waals surface area contributed by atoms with Crippen LogP contribution >= 0.6 is 11.6 Å². The Bertz CT molecular complexity index is 511. The molecule has 1 atom stereocenters. The Hall–Kier alpha value is -1.28. The predicted octanol–water partition coefficient (Wildman–Crippen LogP) is 4.24. The molecule has 1 aromatic carbocycles. The average molecular weight is 263 g/mol. The smallest absolute Gasteiger partial charge is 0.0659 e. The molecule has 1 unspecified atom stereocenters. The molecule has 0 saturated heterocycles. The molecule has 0 fully saturated rings. The van der Waals surface area contributed by atoms with Crippen LogP contribution in [0.15, 0.2) is 30.6 Å². The van der Waals surface area contributed by atoms with Crippen LogP contribution in [0.2, 0.25) is 0 Å². The molecule has 0 bridgehead atoms. The summed E-state index contributed by atoms with van der Waals surface area (Å²) in [6.45, 7) is 7.13. The predicted molar refractivity (Wildman–Crippen MR) is 76.1 cm³/mol. The van der Waals surface area contributed by atoms with Crippen LogP contribution in [0.5, 0.6) is 0 Å². The molecular weight excluding hydrogens is 244 g/mol. The third-order valence-electron chi connectivity index (χ3n) is 3.00. The van der Waals surface area contributed by atoms with Crippen LogP contribution in [-0.2, 0) is 6.54 Å². The summed E-state index contributed by atoms with van der Waals surface area (Å²) in [5.41, 5.74) is 4.97. The molecule has 2 aromatic rings. The minimum atomic E-state index is 0.0676. The Morgan fingerprint density at radius 2 is 1.89 bits per heavy atom. The molecule has 0 spiro atoms. The molecule has 0 aliphatic heterocycles. The molecule has 1 aromatic heterocycles. The van der Waals surface area contributed by atoms with Gasteiger partial charge in [-0.25, -0.2) is 0 Å². The second-order valence-electron chi connectivity index (χ2n) is 4.84. The summed E-state index contributed by atoms with van der Waals surface area (Å²) in [5.74, 6) is 0. The van der Waals surface area contributed by atoms with Crippen LogP contribution in [0.1, 0.15) is 41.0 Å². The van der Waals surface area contributed by atoms with Gasteiger partial charge in [-0.15, -0.1) is 11.6 Å². The van der Waals surface area contributed by atoms with Crippen molar-refractivity contribution < 1.29 is 0 Å². The van der Waals surface area contributed by atoms with Gasteiger partial charge in [-0.2, -0.15) is 5.10 Å². The first-order chi connectivity index (χ1) is 8.58. The van der Waals surface area contributed by atoms with Crippen LogP contribution in [0, 0.1) is 13.8 Å². The van der Waals surface area contributed by atoms with Crippen LogP contribution < -0.4 is 0 Å². The number of hydrogen-bond donors (Lipinski definition) is 0. The zero-order chi connectivity index (χ0) is 13.1. The van der Waals surface area contributed by atoms with Gasteiger partial charge in [-0.1, -0.05) is 36.2 Å². The van der Waals surface area contributed by atoms with Crippen LogP contribution in [0.4, 0.5) is 0 Å². The molecule has 96 valence electrons. The summed E-state index contributed by atoms with van der Waals surface area (Å²) in [6, 6.07) is 6.59. The highest BCUT2D eigenvalue weighted by molar-refractivity contribution is 6.20. The number of rotatable bonds is 4. The summed E-state index contributed by atoms with van der Waals surface area (Å²) in [6.07, 6.45) is 4.83. The molecule has 1 heterocycles. The molecule has 0 radical (unpaired) electrons. The first-order valence-electron chi connectivity index (χ1n) is 6.32. The number of benzene rings is 1. The Balaban J connectivity index is 2.16. The lowest BCUT2D eigenvalue weighted by Crippen LogP contribution is -2.00. The van der Waals surface area contributed by atoms with Crippen molar-refractivity contribution in [3.63, 3.8) is 0 Å². The van der Waals surface area contributed by atoms with Gasteiger partial charge in [0.05, 0.1) is 18.1 Å². The van der Waals surface area contributed by atoms with Crippen molar-refractivity contribution in [3.8, 4) is 0 Å². The van der Waals surface area contributed by atoms with Crippen LogP contribution in [-0.4, -0.2) is 9.78 Å². The topological polar surface area (TPSA) is 17.8 Å². The molecule has 0 aliphatic carbocycles. The van der Waals surface area contributed by atoms with Gasteiger partial charge in [0.2, 0.25) is 0 Å². The van der Waals surface area contributed by atoms with E-state index in [1.807, 2.05) is 17.1 Å². The number of alkyl halides is 1. The van der Waals surface area contributed by atoms with Crippen molar-refractivity contribution in [2.75, 3.05) is 0 Å². The molecule has 0 aliphatic rings. The third kappa shape index (κ3) is 3.14. The summed E-state index contributed by atoms with van der Waals surface area (Å²) in [5, 5.41) is 4.44. The van der Waals surface area contributed by atoms with Crippen LogP contribution in [0.3, 0.4) is 0 Å². The van der Waals surface area contributed by atoms with Gasteiger partial charge < -0.3 is 0 Å². The number of nitrogens with zero attached hydrogens (tertiary/aromatic N) is 2. The molecule has 2 rings (SSSR count). The lowest BCUT2D eigenvalue weighted by atomic mass is 10.1. The van der Waals surface area contributed by atoms with E-state index in [1.165, 1.54) is 16.7 Å². The summed E-state index contributed by atoms with van der Waals surface area (Å²) >= 11 is 6.20. The number of aromatic nitrogens is 2. The quantitative estimate of drug-likeness (QED) is 0.754. The van der Waals surface area contributed by atoms with Crippen molar-refractivity contribution in [1.29, 1.82) is 0 Å². The fourth-order valence-corrected chi connectivity index (χ4v) is 2.32. The molecular formula is C15H19ClN2. The normalized spacial score (nSPS) is 12.7. The van der Waals surface area contributed by atoms with Crippen LogP contribution in [0.25, 0.3) is 0 Å². The van der Waals surface area contributed by atoms with Gasteiger partial charge >= 0.3 is 0 Å². The lowest BCUT2D eigenvalue weighted by Gasteiger charge is -2.05. The monoisotopic (exact) mass is 262 g/mol. The molecule has 2 nitrogen and oxygen atoms in total. The van der Waals surface area contributed by atoms with E-state index in [-0.39, 0.29) is 5.38 Å². The molecule has 0 amide bonds. The second kappa shape index (κ2) is 5.57. The van der Waals surface area contributed by atoms with Gasteiger partial charge in [0.15, 0.2) is 0 Å². The molecule has 18 heavy (non-hydrogen) atoms. The van der Waals surface area contributed by atoms with E-state index in [9.17, 15) is 0 Å². The van der Waals surface area contributed by atoms with Crippen molar-refractivity contribution in [2.45, 2.75) is 39.1 Å². The van der Waals surface area contributed by atoms with Crippen molar-refractivity contribution in [2.24, 2.45) is 0 Å². The molecule has 0 N–H and O–H groups in total. The standard InChI is InChI=1S/C15H19ClN2/c1-4-15(16)14-8-17-18(10-14)9-13-6-11(2)5-12(3)7-13/h5-8,10,15H,4,9H2,1-3H3. The molecule has 3 heteroatoms. The summed E-state index contributed by atoms with van der Waals surface area (Å²) in [4.78, 5) is 0. The van der Waals surface area contributed by atoms with Gasteiger partial charge in [-0.3, -0.25) is 4.68 Å². The maximum absolute atomic E-state index is 6.20. The van der Waals surface area contributed by atoms with E-state index >= 15 is 0 Å². The fourth-order valence-electron chi connectivity index (χ4n) is 2.21. The fraction of sp³-hybridized carbons (Fsp3) is 0.400. The summed E-state index contributed by atoms with van der Waals surface area (Å²) in [7, 11) is 0. The maximum atomic E-state index is 6.20. The van der Waals surface area contributed by atoms with Gasteiger partial charge in [-0.05, 0) is 25.8 Å². The summed E-state index contributed by atoms with van der Waals surface area (Å²) < 4.78 is 1.95. The highest BCUT2D eigenvalue weighted by Crippen LogP contribution is 2.23. The van der Waals surface area contributed by atoms with E-state index in [0.29, 0.717) is 0 Å². The van der Waals surface area contributed by atoms with Crippen molar-refractivity contribution >= 4 is 11.6 Å². The highest BCUT2D eigenvalue weighted by atomic mass is 35.5. The van der Waals surface area contributed by atoms with E-state index in [4.69, 9.17) is 11.6 Å². The first-order valence-corrected chi connectivity index (χ1v) is 6.75. The Labute approximate surface area is 114 Å². The Kier molecular flexibility index (Phi) is 4.07. The zero-order valence-corrected chi connectivity index (χ0v) is 11.9. The zero-order valence-electron chi connectivity index (χ0n) is 11.2. The molecule has 0 saturated carbocycles. The SMILES string of the molecule is CCC(Cl)c1cnn(Cc2cc(C)cc(C)c2)c1. The van der Waals surface area contributed by atoms with E-state index < -0.39 is 0 Å². The minimum Gasteiger partial charge on any atom is -0.268 e. The van der Waals surface area contributed by atoms with E-state index in [0.717, 1.165) is 18.5 Å². The number of halogens is 1. The van der Waals surface area contributed by atoms with E-state index in [1.54, 1.807) is 0 Å². The minimum absolute atomic E-state index is 0.0676. The average Bonchev–Trinajstić information content (AvgIpc) is 2.75. The number of hydrogen-bond acceptors (Lipinski definition) is 1. The van der Waals surface area contributed by atoms with E-state index in [2.05, 4.69) is 44.1 Å². The first kappa shape index (κ1) is 13.2. The van der Waals surface area contributed by atoms with Crippen molar-refractivity contribution in [1.82, 2.24) is 9.78 Å². The van der Waals surface area contributed by atoms with Gasteiger partial charge in [0, 0.05) is 11.8 Å².